The first kappa shape index (κ1) is 12.0. The smallest absolute Gasteiger partial charge is 0.200 e. The fourth-order valence-electron chi connectivity index (χ4n) is 1.80. The van der Waals surface area contributed by atoms with Gasteiger partial charge in [-0.3, -0.25) is 0 Å². The van der Waals surface area contributed by atoms with Crippen molar-refractivity contribution < 1.29 is 20.1 Å². The Bertz CT molecular complexity index is 415. The SMILES string of the molecule is CC1(CNCc2ccc(O)c(O)c2O)COC1. The van der Waals surface area contributed by atoms with Gasteiger partial charge in [-0.1, -0.05) is 13.0 Å². The van der Waals surface area contributed by atoms with Crippen LogP contribution in [0.3, 0.4) is 0 Å². The number of hydrogen-bond donors (Lipinski definition) is 4. The van der Waals surface area contributed by atoms with Crippen LogP contribution in [0, 0.1) is 5.41 Å². The van der Waals surface area contributed by atoms with E-state index in [2.05, 4.69) is 12.2 Å². The second kappa shape index (κ2) is 4.43. The van der Waals surface area contributed by atoms with Crippen LogP contribution in [0.5, 0.6) is 17.2 Å². The number of hydrogen-bond acceptors (Lipinski definition) is 5. The van der Waals surface area contributed by atoms with Crippen LogP contribution >= 0.6 is 0 Å². The van der Waals surface area contributed by atoms with Crippen molar-refractivity contribution in [3.8, 4) is 17.2 Å². The van der Waals surface area contributed by atoms with Gasteiger partial charge in [-0.05, 0) is 6.07 Å². The maximum Gasteiger partial charge on any atom is 0.200 e. The van der Waals surface area contributed by atoms with Crippen molar-refractivity contribution in [2.24, 2.45) is 5.41 Å². The summed E-state index contributed by atoms with van der Waals surface area (Å²) in [6.45, 7) is 4.83. The van der Waals surface area contributed by atoms with Gasteiger partial charge in [0.25, 0.3) is 0 Å². The number of ether oxygens (including phenoxy) is 1. The summed E-state index contributed by atoms with van der Waals surface area (Å²) in [4.78, 5) is 0. The van der Waals surface area contributed by atoms with E-state index >= 15 is 0 Å². The molecule has 5 nitrogen and oxygen atoms in total. The quantitative estimate of drug-likeness (QED) is 0.588. The van der Waals surface area contributed by atoms with Crippen LogP contribution in [-0.2, 0) is 11.3 Å². The molecule has 94 valence electrons. The monoisotopic (exact) mass is 239 g/mol. The highest BCUT2D eigenvalue weighted by molar-refractivity contribution is 5.52. The Morgan fingerprint density at radius 1 is 1.24 bits per heavy atom. The number of aromatic hydroxyl groups is 3. The molecule has 1 aromatic carbocycles. The molecule has 0 aromatic heterocycles. The summed E-state index contributed by atoms with van der Waals surface area (Å²) in [6, 6.07) is 2.94. The van der Waals surface area contributed by atoms with Crippen LogP contribution in [0.4, 0.5) is 0 Å². The largest absolute Gasteiger partial charge is 0.504 e. The number of nitrogens with one attached hydrogen (secondary N) is 1. The van der Waals surface area contributed by atoms with Gasteiger partial charge in [-0.25, -0.2) is 0 Å². The summed E-state index contributed by atoms with van der Waals surface area (Å²) in [5.74, 6) is -1.05. The molecule has 5 heteroatoms. The van der Waals surface area contributed by atoms with E-state index in [-0.39, 0.29) is 16.9 Å². The maximum atomic E-state index is 9.60. The predicted molar refractivity (Wildman–Crippen MR) is 62.1 cm³/mol. The lowest BCUT2D eigenvalue weighted by atomic mass is 9.89. The van der Waals surface area contributed by atoms with Crippen molar-refractivity contribution in [2.75, 3.05) is 19.8 Å². The number of benzene rings is 1. The van der Waals surface area contributed by atoms with Gasteiger partial charge >= 0.3 is 0 Å². The molecule has 1 aliphatic heterocycles. The minimum atomic E-state index is -0.470. The average molecular weight is 239 g/mol. The van der Waals surface area contributed by atoms with Crippen LogP contribution in [-0.4, -0.2) is 35.1 Å². The van der Waals surface area contributed by atoms with Crippen molar-refractivity contribution >= 4 is 0 Å². The van der Waals surface area contributed by atoms with Crippen molar-refractivity contribution in [1.29, 1.82) is 0 Å². The van der Waals surface area contributed by atoms with Gasteiger partial charge in [0.2, 0.25) is 5.75 Å². The van der Waals surface area contributed by atoms with E-state index in [0.717, 1.165) is 19.8 Å². The normalized spacial score (nSPS) is 17.7. The molecule has 0 spiro atoms. The summed E-state index contributed by atoms with van der Waals surface area (Å²) in [7, 11) is 0. The van der Waals surface area contributed by atoms with Gasteiger partial charge in [0.05, 0.1) is 13.2 Å². The lowest BCUT2D eigenvalue weighted by Crippen LogP contribution is -2.47. The molecule has 0 bridgehead atoms. The van der Waals surface area contributed by atoms with E-state index in [1.165, 1.54) is 6.07 Å². The van der Waals surface area contributed by atoms with Gasteiger partial charge in [0.1, 0.15) is 0 Å². The summed E-state index contributed by atoms with van der Waals surface area (Å²) in [5, 5.41) is 31.3. The Morgan fingerprint density at radius 2 is 1.94 bits per heavy atom. The zero-order valence-electron chi connectivity index (χ0n) is 9.73. The van der Waals surface area contributed by atoms with Crippen LogP contribution in [0.1, 0.15) is 12.5 Å². The third-order valence-corrected chi connectivity index (χ3v) is 2.98. The molecule has 0 aliphatic carbocycles. The summed E-state index contributed by atoms with van der Waals surface area (Å²) in [6.07, 6.45) is 0. The number of phenols is 3. The molecule has 1 aromatic rings. The van der Waals surface area contributed by atoms with Gasteiger partial charge in [0, 0.05) is 24.1 Å². The lowest BCUT2D eigenvalue weighted by molar-refractivity contribution is -0.0991. The molecule has 0 radical (unpaired) electrons. The van der Waals surface area contributed by atoms with E-state index < -0.39 is 5.75 Å². The first-order valence-electron chi connectivity index (χ1n) is 5.53. The Morgan fingerprint density at radius 3 is 2.53 bits per heavy atom. The van der Waals surface area contributed by atoms with Crippen molar-refractivity contribution in [3.05, 3.63) is 17.7 Å². The van der Waals surface area contributed by atoms with E-state index in [1.54, 1.807) is 6.07 Å². The molecule has 1 aliphatic rings. The van der Waals surface area contributed by atoms with Crippen LogP contribution in [0.2, 0.25) is 0 Å². The van der Waals surface area contributed by atoms with E-state index in [1.807, 2.05) is 0 Å². The molecule has 2 rings (SSSR count). The average Bonchev–Trinajstić information content (AvgIpc) is 2.27. The second-order valence-electron chi connectivity index (χ2n) is 4.85. The van der Waals surface area contributed by atoms with E-state index in [9.17, 15) is 15.3 Å². The molecule has 1 saturated heterocycles. The molecular weight excluding hydrogens is 222 g/mol. The van der Waals surface area contributed by atoms with Crippen LogP contribution in [0.15, 0.2) is 12.1 Å². The molecule has 1 fully saturated rings. The summed E-state index contributed by atoms with van der Waals surface area (Å²) < 4.78 is 5.14. The van der Waals surface area contributed by atoms with Gasteiger partial charge in [-0.2, -0.15) is 0 Å². The zero-order chi connectivity index (χ0) is 12.5. The fourth-order valence-corrected chi connectivity index (χ4v) is 1.80. The molecule has 0 saturated carbocycles. The summed E-state index contributed by atoms with van der Waals surface area (Å²) >= 11 is 0. The molecule has 0 unspecified atom stereocenters. The molecule has 1 heterocycles. The maximum absolute atomic E-state index is 9.60. The Kier molecular flexibility index (Phi) is 3.13. The minimum absolute atomic E-state index is 0.161. The topological polar surface area (TPSA) is 82.0 Å². The minimum Gasteiger partial charge on any atom is -0.504 e. The first-order valence-corrected chi connectivity index (χ1v) is 5.53. The molecule has 0 amide bonds. The summed E-state index contributed by atoms with van der Waals surface area (Å²) in [5.41, 5.74) is 0.721. The second-order valence-corrected chi connectivity index (χ2v) is 4.85. The molecular formula is C12H17NO4. The molecule has 4 N–H and O–H groups in total. The highest BCUT2D eigenvalue weighted by atomic mass is 16.5. The third-order valence-electron chi connectivity index (χ3n) is 2.98. The predicted octanol–water partition coefficient (Wildman–Crippen LogP) is 0.929. The van der Waals surface area contributed by atoms with Gasteiger partial charge in [-0.15, -0.1) is 0 Å². The van der Waals surface area contributed by atoms with Crippen molar-refractivity contribution in [3.63, 3.8) is 0 Å². The number of phenolic OH excluding ortho intramolecular Hbond substituents is 3. The molecule has 0 atom stereocenters. The van der Waals surface area contributed by atoms with Crippen LogP contribution in [0.25, 0.3) is 0 Å². The van der Waals surface area contributed by atoms with Crippen molar-refractivity contribution in [2.45, 2.75) is 13.5 Å². The van der Waals surface area contributed by atoms with Crippen molar-refractivity contribution in [1.82, 2.24) is 5.32 Å². The first-order chi connectivity index (χ1) is 8.02. The highest BCUT2D eigenvalue weighted by Gasteiger charge is 2.32. The van der Waals surface area contributed by atoms with Crippen LogP contribution < -0.4 is 5.32 Å². The van der Waals surface area contributed by atoms with E-state index in [0.29, 0.717) is 12.1 Å². The molecule has 17 heavy (non-hydrogen) atoms. The Hall–Kier alpha value is -1.46. The standard InChI is InChI=1S/C12H17NO4/c1-12(6-17-7-12)5-13-4-8-2-3-9(14)11(16)10(8)15/h2-3,13-16H,4-7H2,1H3. The third kappa shape index (κ3) is 2.45. The zero-order valence-corrected chi connectivity index (χ0v) is 9.73. The van der Waals surface area contributed by atoms with Gasteiger partial charge in [0.15, 0.2) is 11.5 Å². The van der Waals surface area contributed by atoms with Gasteiger partial charge < -0.3 is 25.4 Å². The fraction of sp³-hybridized carbons (Fsp3) is 0.500. The lowest BCUT2D eigenvalue weighted by Gasteiger charge is -2.38. The number of rotatable bonds is 4. The Labute approximate surface area is 99.7 Å². The Balaban J connectivity index is 1.93. The van der Waals surface area contributed by atoms with E-state index in [4.69, 9.17) is 4.74 Å². The highest BCUT2D eigenvalue weighted by Crippen LogP contribution is 2.37.